The number of hydrazine groups is 1. The summed E-state index contributed by atoms with van der Waals surface area (Å²) < 4.78 is 19.1. The molecule has 0 aliphatic carbocycles. The van der Waals surface area contributed by atoms with E-state index in [1.807, 2.05) is 12.1 Å². The molecule has 21 heavy (non-hydrogen) atoms. The minimum atomic E-state index is -0.304. The fraction of sp³-hybridized carbons (Fsp3) is 0.294. The van der Waals surface area contributed by atoms with Gasteiger partial charge >= 0.3 is 0 Å². The zero-order chi connectivity index (χ0) is 15.2. The molecule has 0 amide bonds. The molecule has 0 saturated heterocycles. The third-order valence-electron chi connectivity index (χ3n) is 3.75. The van der Waals surface area contributed by atoms with Gasteiger partial charge in [0.05, 0.1) is 7.11 Å². The minimum absolute atomic E-state index is 0.226. The van der Waals surface area contributed by atoms with Crippen molar-refractivity contribution < 1.29 is 9.13 Å². The van der Waals surface area contributed by atoms with Crippen LogP contribution in [0.4, 0.5) is 4.39 Å². The smallest absolute Gasteiger partial charge is 0.131 e. The molecule has 0 radical (unpaired) electrons. The summed E-state index contributed by atoms with van der Waals surface area (Å²) in [5.74, 6) is 5.80. The van der Waals surface area contributed by atoms with E-state index in [0.29, 0.717) is 11.3 Å². The van der Waals surface area contributed by atoms with Gasteiger partial charge in [0, 0.05) is 17.7 Å². The summed E-state index contributed by atoms with van der Waals surface area (Å²) in [6.07, 6.45) is 1.57. The van der Waals surface area contributed by atoms with Crippen molar-refractivity contribution in [3.05, 3.63) is 65.0 Å². The number of nitrogens with one attached hydrogen (secondary N) is 1. The number of benzene rings is 2. The van der Waals surface area contributed by atoms with Crippen LogP contribution < -0.4 is 16.0 Å². The summed E-state index contributed by atoms with van der Waals surface area (Å²) >= 11 is 0. The van der Waals surface area contributed by atoms with Crippen molar-refractivity contribution >= 4 is 0 Å². The van der Waals surface area contributed by atoms with Crippen molar-refractivity contribution in [1.29, 1.82) is 0 Å². The molecule has 2 aromatic rings. The lowest BCUT2D eigenvalue weighted by atomic mass is 9.97. The summed E-state index contributed by atoms with van der Waals surface area (Å²) in [6, 6.07) is 12.8. The standard InChI is InChI=1S/C17H21FN2O/c1-12-5-3-4-6-13(12)7-10-17(20-19)15-9-8-14(21-2)11-16(15)18/h3-6,8-9,11,17,20H,7,10,19H2,1-2H3. The Kier molecular flexibility index (Phi) is 5.31. The highest BCUT2D eigenvalue weighted by Gasteiger charge is 2.15. The Bertz CT molecular complexity index is 601. The minimum Gasteiger partial charge on any atom is -0.497 e. The molecule has 0 fully saturated rings. The monoisotopic (exact) mass is 288 g/mol. The molecule has 2 rings (SSSR count). The largest absolute Gasteiger partial charge is 0.497 e. The van der Waals surface area contributed by atoms with Gasteiger partial charge in [0.2, 0.25) is 0 Å². The SMILES string of the molecule is COc1ccc(C(CCc2ccccc2C)NN)c(F)c1. The molecule has 3 nitrogen and oxygen atoms in total. The average Bonchev–Trinajstić information content (AvgIpc) is 2.50. The maximum Gasteiger partial charge on any atom is 0.131 e. The lowest BCUT2D eigenvalue weighted by Gasteiger charge is -2.18. The van der Waals surface area contributed by atoms with Gasteiger partial charge in [-0.25, -0.2) is 4.39 Å². The van der Waals surface area contributed by atoms with Gasteiger partial charge in [-0.05, 0) is 37.0 Å². The maximum atomic E-state index is 14.1. The Balaban J connectivity index is 2.11. The Hall–Kier alpha value is -1.91. The number of hydrogen-bond acceptors (Lipinski definition) is 3. The van der Waals surface area contributed by atoms with Crippen LogP contribution >= 0.6 is 0 Å². The Morgan fingerprint density at radius 1 is 1.24 bits per heavy atom. The maximum absolute atomic E-state index is 14.1. The highest BCUT2D eigenvalue weighted by molar-refractivity contribution is 5.31. The zero-order valence-electron chi connectivity index (χ0n) is 12.4. The second kappa shape index (κ2) is 7.20. The van der Waals surface area contributed by atoms with Gasteiger partial charge in [-0.15, -0.1) is 0 Å². The van der Waals surface area contributed by atoms with Crippen molar-refractivity contribution in [1.82, 2.24) is 5.43 Å². The predicted molar refractivity (Wildman–Crippen MR) is 82.5 cm³/mol. The van der Waals surface area contributed by atoms with Gasteiger partial charge in [0.25, 0.3) is 0 Å². The Morgan fingerprint density at radius 3 is 2.62 bits per heavy atom. The van der Waals surface area contributed by atoms with Crippen LogP contribution in [0.1, 0.15) is 29.2 Å². The number of hydrogen-bond donors (Lipinski definition) is 2. The van der Waals surface area contributed by atoms with E-state index in [1.54, 1.807) is 12.1 Å². The van der Waals surface area contributed by atoms with Crippen LogP contribution in [0.3, 0.4) is 0 Å². The van der Waals surface area contributed by atoms with Crippen molar-refractivity contribution in [2.75, 3.05) is 7.11 Å². The van der Waals surface area contributed by atoms with Crippen LogP contribution in [0.5, 0.6) is 5.75 Å². The van der Waals surface area contributed by atoms with Gasteiger partial charge < -0.3 is 4.74 Å². The Morgan fingerprint density at radius 2 is 2.00 bits per heavy atom. The summed E-state index contributed by atoms with van der Waals surface area (Å²) in [7, 11) is 1.52. The van der Waals surface area contributed by atoms with E-state index >= 15 is 0 Å². The average molecular weight is 288 g/mol. The highest BCUT2D eigenvalue weighted by Crippen LogP contribution is 2.25. The number of aryl methyl sites for hydroxylation is 2. The van der Waals surface area contributed by atoms with Crippen LogP contribution in [0.25, 0.3) is 0 Å². The van der Waals surface area contributed by atoms with E-state index in [2.05, 4.69) is 24.5 Å². The molecular weight excluding hydrogens is 267 g/mol. The highest BCUT2D eigenvalue weighted by atomic mass is 19.1. The van der Waals surface area contributed by atoms with E-state index < -0.39 is 0 Å². The van der Waals surface area contributed by atoms with E-state index in [-0.39, 0.29) is 11.9 Å². The van der Waals surface area contributed by atoms with Crippen LogP contribution in [-0.4, -0.2) is 7.11 Å². The van der Waals surface area contributed by atoms with Crippen molar-refractivity contribution in [2.45, 2.75) is 25.8 Å². The molecule has 4 heteroatoms. The van der Waals surface area contributed by atoms with Crippen molar-refractivity contribution in [2.24, 2.45) is 5.84 Å². The van der Waals surface area contributed by atoms with E-state index in [0.717, 1.165) is 12.8 Å². The van der Waals surface area contributed by atoms with Gasteiger partial charge in [0.15, 0.2) is 0 Å². The molecule has 3 N–H and O–H groups in total. The van der Waals surface area contributed by atoms with E-state index in [9.17, 15) is 4.39 Å². The van der Waals surface area contributed by atoms with Gasteiger partial charge in [-0.3, -0.25) is 11.3 Å². The van der Waals surface area contributed by atoms with Crippen molar-refractivity contribution in [3.63, 3.8) is 0 Å². The second-order valence-corrected chi connectivity index (χ2v) is 5.07. The quantitative estimate of drug-likeness (QED) is 0.633. The molecular formula is C17H21FN2O. The molecule has 1 atom stereocenters. The number of methoxy groups -OCH3 is 1. The second-order valence-electron chi connectivity index (χ2n) is 5.07. The molecule has 0 bridgehead atoms. The molecule has 112 valence electrons. The molecule has 0 aliphatic rings. The lowest BCUT2D eigenvalue weighted by Crippen LogP contribution is -2.29. The molecule has 0 spiro atoms. The fourth-order valence-corrected chi connectivity index (χ4v) is 2.44. The van der Waals surface area contributed by atoms with Gasteiger partial charge in [-0.1, -0.05) is 30.3 Å². The first-order valence-electron chi connectivity index (χ1n) is 6.99. The summed E-state index contributed by atoms with van der Waals surface area (Å²) in [5, 5.41) is 0. The molecule has 0 aromatic heterocycles. The van der Waals surface area contributed by atoms with Crippen LogP contribution in [0.2, 0.25) is 0 Å². The number of ether oxygens (including phenoxy) is 1. The summed E-state index contributed by atoms with van der Waals surface area (Å²) in [6.45, 7) is 2.08. The van der Waals surface area contributed by atoms with Gasteiger partial charge in [0.1, 0.15) is 11.6 Å². The summed E-state index contributed by atoms with van der Waals surface area (Å²) in [5.41, 5.74) is 5.76. The molecule has 2 aromatic carbocycles. The predicted octanol–water partition coefficient (Wildman–Crippen LogP) is 3.28. The lowest BCUT2D eigenvalue weighted by molar-refractivity contribution is 0.408. The Labute approximate surface area is 124 Å². The van der Waals surface area contributed by atoms with Crippen molar-refractivity contribution in [3.8, 4) is 5.75 Å². The molecule has 0 saturated carbocycles. The normalized spacial score (nSPS) is 12.2. The van der Waals surface area contributed by atoms with E-state index in [1.165, 1.54) is 24.3 Å². The number of nitrogens with two attached hydrogens (primary N) is 1. The van der Waals surface area contributed by atoms with Crippen LogP contribution in [0, 0.1) is 12.7 Å². The number of rotatable bonds is 6. The topological polar surface area (TPSA) is 47.3 Å². The third-order valence-corrected chi connectivity index (χ3v) is 3.75. The van der Waals surface area contributed by atoms with E-state index in [4.69, 9.17) is 10.6 Å². The van der Waals surface area contributed by atoms with Crippen LogP contribution in [-0.2, 0) is 6.42 Å². The first-order valence-corrected chi connectivity index (χ1v) is 6.99. The summed E-state index contributed by atoms with van der Waals surface area (Å²) in [4.78, 5) is 0. The molecule has 0 aliphatic heterocycles. The molecule has 1 unspecified atom stereocenters. The zero-order valence-corrected chi connectivity index (χ0v) is 12.4. The van der Waals surface area contributed by atoms with Crippen LogP contribution in [0.15, 0.2) is 42.5 Å². The first-order chi connectivity index (χ1) is 10.2. The number of halogens is 1. The molecule has 0 heterocycles. The third kappa shape index (κ3) is 3.80. The van der Waals surface area contributed by atoms with Gasteiger partial charge in [-0.2, -0.15) is 0 Å². The first kappa shape index (κ1) is 15.5. The fourth-order valence-electron chi connectivity index (χ4n) is 2.44.